The normalized spacial score (nSPS) is 18.3. The number of pyridine rings is 1. The first-order chi connectivity index (χ1) is 11.3. The summed E-state index contributed by atoms with van der Waals surface area (Å²) < 4.78 is 39.7. The molecule has 1 N–H and O–H groups in total. The van der Waals surface area contributed by atoms with Gasteiger partial charge in [-0.2, -0.15) is 18.3 Å². The van der Waals surface area contributed by atoms with E-state index in [-0.39, 0.29) is 11.7 Å². The minimum absolute atomic E-state index is 0.0335. The summed E-state index contributed by atoms with van der Waals surface area (Å²) in [6.07, 6.45) is -4.05. The number of hydrogen-bond acceptors (Lipinski definition) is 4. The van der Waals surface area contributed by atoms with Gasteiger partial charge in [-0.3, -0.25) is 14.4 Å². The molecule has 1 aliphatic heterocycles. The highest BCUT2D eigenvalue weighted by atomic mass is 19.4. The molecule has 2 aromatic heterocycles. The molecule has 128 valence electrons. The lowest BCUT2D eigenvalue weighted by Crippen LogP contribution is -2.34. The fraction of sp³-hybridized carbons (Fsp3) is 0.400. The number of anilines is 2. The van der Waals surface area contributed by atoms with Crippen molar-refractivity contribution < 1.29 is 18.0 Å². The van der Waals surface area contributed by atoms with Crippen molar-refractivity contribution in [3.63, 3.8) is 0 Å². The molecule has 0 radical (unpaired) electrons. The monoisotopic (exact) mass is 339 g/mol. The second kappa shape index (κ2) is 5.81. The number of carbonyl (C=O) groups is 1. The van der Waals surface area contributed by atoms with Crippen molar-refractivity contribution in [3.05, 3.63) is 35.7 Å². The van der Waals surface area contributed by atoms with Crippen molar-refractivity contribution in [1.29, 1.82) is 0 Å². The highest BCUT2D eigenvalue weighted by Crippen LogP contribution is 2.29. The molecule has 24 heavy (non-hydrogen) atoms. The maximum Gasteiger partial charge on any atom is 0.433 e. The van der Waals surface area contributed by atoms with Gasteiger partial charge in [-0.05, 0) is 25.5 Å². The number of hydrogen-bond donors (Lipinski definition) is 1. The second-order valence-corrected chi connectivity index (χ2v) is 5.65. The fourth-order valence-corrected chi connectivity index (χ4v) is 2.74. The van der Waals surface area contributed by atoms with Crippen LogP contribution in [0.3, 0.4) is 0 Å². The summed E-state index contributed by atoms with van der Waals surface area (Å²) in [7, 11) is 1.74. The molecule has 1 fully saturated rings. The molecule has 2 aromatic rings. The van der Waals surface area contributed by atoms with Crippen LogP contribution in [0, 0.1) is 6.92 Å². The van der Waals surface area contributed by atoms with E-state index in [2.05, 4.69) is 15.4 Å². The van der Waals surface area contributed by atoms with Gasteiger partial charge in [-0.1, -0.05) is 6.07 Å². The van der Waals surface area contributed by atoms with E-state index in [1.54, 1.807) is 22.7 Å². The Bertz CT molecular complexity index is 771. The van der Waals surface area contributed by atoms with E-state index >= 15 is 0 Å². The first-order valence-corrected chi connectivity index (χ1v) is 7.38. The summed E-state index contributed by atoms with van der Waals surface area (Å²) in [4.78, 5) is 17.6. The maximum absolute atomic E-state index is 12.7. The molecule has 0 bridgehead atoms. The van der Waals surface area contributed by atoms with E-state index in [0.29, 0.717) is 18.8 Å². The lowest BCUT2D eigenvalue weighted by atomic mass is 10.2. The summed E-state index contributed by atoms with van der Waals surface area (Å²) in [5.74, 6) is 0.488. The van der Waals surface area contributed by atoms with E-state index in [1.165, 1.54) is 12.1 Å². The first kappa shape index (κ1) is 16.3. The fourth-order valence-electron chi connectivity index (χ4n) is 2.74. The summed E-state index contributed by atoms with van der Waals surface area (Å²) >= 11 is 0. The molecule has 1 saturated heterocycles. The van der Waals surface area contributed by atoms with E-state index in [1.807, 2.05) is 6.92 Å². The molecule has 3 heterocycles. The van der Waals surface area contributed by atoms with E-state index < -0.39 is 17.9 Å². The van der Waals surface area contributed by atoms with Crippen LogP contribution in [0.15, 0.2) is 24.3 Å². The van der Waals surface area contributed by atoms with Gasteiger partial charge in [0.05, 0.1) is 5.69 Å². The number of nitrogens with zero attached hydrogens (tertiary/aromatic N) is 4. The van der Waals surface area contributed by atoms with Gasteiger partial charge in [0.1, 0.15) is 23.4 Å². The van der Waals surface area contributed by atoms with Gasteiger partial charge in [-0.25, -0.2) is 4.98 Å². The summed E-state index contributed by atoms with van der Waals surface area (Å²) in [5.41, 5.74) is -0.201. The lowest BCUT2D eigenvalue weighted by molar-refractivity contribution is -0.141. The van der Waals surface area contributed by atoms with Crippen molar-refractivity contribution in [2.75, 3.05) is 16.8 Å². The summed E-state index contributed by atoms with van der Waals surface area (Å²) in [5, 5.41) is 7.00. The first-order valence-electron chi connectivity index (χ1n) is 7.38. The number of rotatable bonds is 3. The molecule has 0 aromatic carbocycles. The zero-order chi connectivity index (χ0) is 17.5. The molecular weight excluding hydrogens is 323 g/mol. The highest BCUT2D eigenvalue weighted by molar-refractivity contribution is 6.00. The van der Waals surface area contributed by atoms with E-state index in [9.17, 15) is 18.0 Å². The van der Waals surface area contributed by atoms with Crippen LogP contribution >= 0.6 is 0 Å². The third-order valence-electron chi connectivity index (χ3n) is 3.82. The molecule has 0 aliphatic carbocycles. The van der Waals surface area contributed by atoms with Gasteiger partial charge in [0.2, 0.25) is 0 Å². The smallest absolute Gasteiger partial charge is 0.358 e. The van der Waals surface area contributed by atoms with Gasteiger partial charge in [0.15, 0.2) is 0 Å². The van der Waals surface area contributed by atoms with Gasteiger partial charge in [-0.15, -0.1) is 0 Å². The van der Waals surface area contributed by atoms with Crippen molar-refractivity contribution >= 4 is 17.5 Å². The molecule has 9 heteroatoms. The Morgan fingerprint density at radius 3 is 2.71 bits per heavy atom. The Balaban J connectivity index is 1.76. The Hall–Kier alpha value is -2.58. The molecule has 3 rings (SSSR count). The number of nitrogens with one attached hydrogen (secondary N) is 1. The van der Waals surface area contributed by atoms with Crippen LogP contribution < -0.4 is 10.2 Å². The molecule has 1 unspecified atom stereocenters. The Labute approximate surface area is 136 Å². The van der Waals surface area contributed by atoms with Crippen LogP contribution in [-0.4, -0.2) is 33.3 Å². The van der Waals surface area contributed by atoms with Gasteiger partial charge < -0.3 is 5.32 Å². The van der Waals surface area contributed by atoms with Crippen molar-refractivity contribution in [3.8, 4) is 0 Å². The van der Waals surface area contributed by atoms with E-state index in [0.717, 1.165) is 11.8 Å². The second-order valence-electron chi connectivity index (χ2n) is 5.65. The number of alkyl halides is 3. The largest absolute Gasteiger partial charge is 0.433 e. The highest BCUT2D eigenvalue weighted by Gasteiger charge is 2.35. The lowest BCUT2D eigenvalue weighted by Gasteiger charge is -2.17. The van der Waals surface area contributed by atoms with E-state index in [4.69, 9.17) is 0 Å². The molecule has 1 aliphatic rings. The maximum atomic E-state index is 12.7. The van der Waals surface area contributed by atoms with Crippen LogP contribution in [0.4, 0.5) is 24.8 Å². The average Bonchev–Trinajstić information content (AvgIpc) is 3.01. The van der Waals surface area contributed by atoms with Crippen LogP contribution in [0.25, 0.3) is 0 Å². The standard InChI is InChI=1S/C15H16F3N5O/c1-9-8-13(22(2)21-9)23-7-6-10(14(23)24)19-12-5-3-4-11(20-12)15(16,17)18/h3-5,8,10H,6-7H2,1-2H3,(H,19,20). The van der Waals surface area contributed by atoms with Crippen molar-refractivity contribution in [2.45, 2.75) is 25.6 Å². The molecule has 6 nitrogen and oxygen atoms in total. The zero-order valence-corrected chi connectivity index (χ0v) is 13.1. The number of halogens is 3. The summed E-state index contributed by atoms with van der Waals surface area (Å²) in [6.45, 7) is 2.29. The number of aryl methyl sites for hydroxylation is 2. The number of aromatic nitrogens is 3. The van der Waals surface area contributed by atoms with Crippen LogP contribution in [0.1, 0.15) is 17.8 Å². The quantitative estimate of drug-likeness (QED) is 0.932. The Kier molecular flexibility index (Phi) is 3.94. The predicted octanol–water partition coefficient (Wildman–Crippen LogP) is 2.36. The third kappa shape index (κ3) is 3.06. The SMILES string of the molecule is Cc1cc(N2CCC(Nc3cccc(C(F)(F)F)n3)C2=O)n(C)n1. The average molecular weight is 339 g/mol. The van der Waals surface area contributed by atoms with Crippen LogP contribution in [0.5, 0.6) is 0 Å². The predicted molar refractivity (Wildman–Crippen MR) is 81.6 cm³/mol. The van der Waals surface area contributed by atoms with Crippen molar-refractivity contribution in [1.82, 2.24) is 14.8 Å². The summed E-state index contributed by atoms with van der Waals surface area (Å²) in [6, 6.07) is 4.75. The molecule has 1 amide bonds. The Morgan fingerprint density at radius 2 is 2.08 bits per heavy atom. The van der Waals surface area contributed by atoms with Crippen molar-refractivity contribution in [2.24, 2.45) is 7.05 Å². The number of amides is 1. The van der Waals surface area contributed by atoms with Crippen LogP contribution in [-0.2, 0) is 18.0 Å². The van der Waals surface area contributed by atoms with Crippen LogP contribution in [0.2, 0.25) is 0 Å². The topological polar surface area (TPSA) is 63.1 Å². The number of carbonyl (C=O) groups excluding carboxylic acids is 1. The Morgan fingerprint density at radius 1 is 1.33 bits per heavy atom. The molecular formula is C15H16F3N5O. The minimum Gasteiger partial charge on any atom is -0.358 e. The van der Waals surface area contributed by atoms with Gasteiger partial charge in [0, 0.05) is 19.7 Å². The third-order valence-corrected chi connectivity index (χ3v) is 3.82. The molecule has 1 atom stereocenters. The van der Waals surface area contributed by atoms with Gasteiger partial charge in [0.25, 0.3) is 5.91 Å². The van der Waals surface area contributed by atoms with Gasteiger partial charge >= 0.3 is 6.18 Å². The minimum atomic E-state index is -4.52. The molecule has 0 saturated carbocycles. The zero-order valence-electron chi connectivity index (χ0n) is 13.1. The molecule has 0 spiro atoms.